The third kappa shape index (κ3) is 4.14. The molecule has 3 heterocycles. The van der Waals surface area contributed by atoms with Gasteiger partial charge in [-0.1, -0.05) is 40.6 Å². The molecule has 8 nitrogen and oxygen atoms in total. The zero-order valence-corrected chi connectivity index (χ0v) is 15.9. The molecule has 0 amide bonds. The summed E-state index contributed by atoms with van der Waals surface area (Å²) in [6, 6.07) is 13.5. The molecule has 1 aromatic carbocycles. The Balaban J connectivity index is 1.44. The second-order valence-corrected chi connectivity index (χ2v) is 6.59. The van der Waals surface area contributed by atoms with Crippen molar-refractivity contribution in [2.75, 3.05) is 10.6 Å². The average Bonchev–Trinajstić information content (AvgIpc) is 3.32. The minimum atomic E-state index is 0.407. The quantitative estimate of drug-likeness (QED) is 0.462. The zero-order chi connectivity index (χ0) is 18.6. The highest BCUT2D eigenvalue weighted by Crippen LogP contribution is 2.24. The number of nitrogens with one attached hydrogen (secondary N) is 2. The van der Waals surface area contributed by atoms with Crippen molar-refractivity contribution in [2.45, 2.75) is 13.5 Å². The van der Waals surface area contributed by atoms with Crippen LogP contribution >= 0.6 is 15.9 Å². The molecule has 0 atom stereocenters. The third-order valence-electron chi connectivity index (χ3n) is 3.67. The van der Waals surface area contributed by atoms with Crippen LogP contribution in [0.5, 0.6) is 0 Å². The molecule has 136 valence electrons. The van der Waals surface area contributed by atoms with Crippen LogP contribution in [-0.4, -0.2) is 20.3 Å². The molecular formula is C18H15BrN6O2. The lowest BCUT2D eigenvalue weighted by atomic mass is 10.1. The van der Waals surface area contributed by atoms with Gasteiger partial charge in [-0.15, -0.1) is 0 Å². The summed E-state index contributed by atoms with van der Waals surface area (Å²) in [5, 5.41) is 14.2. The Morgan fingerprint density at radius 1 is 1.07 bits per heavy atom. The summed E-state index contributed by atoms with van der Waals surface area (Å²) < 4.78 is 11.1. The first-order valence-corrected chi connectivity index (χ1v) is 8.94. The first-order valence-electron chi connectivity index (χ1n) is 8.15. The summed E-state index contributed by atoms with van der Waals surface area (Å²) in [5.74, 6) is 2.98. The molecule has 4 rings (SSSR count). The summed E-state index contributed by atoms with van der Waals surface area (Å²) in [4.78, 5) is 8.68. The Bertz CT molecular complexity index is 1050. The van der Waals surface area contributed by atoms with E-state index in [1.165, 1.54) is 0 Å². The second-order valence-electron chi connectivity index (χ2n) is 5.74. The minimum absolute atomic E-state index is 0.407. The van der Waals surface area contributed by atoms with E-state index in [9.17, 15) is 0 Å². The number of hydrogen-bond donors (Lipinski definition) is 2. The molecule has 0 aliphatic carbocycles. The van der Waals surface area contributed by atoms with Gasteiger partial charge in [0, 0.05) is 23.9 Å². The van der Waals surface area contributed by atoms with Crippen LogP contribution in [0.1, 0.15) is 11.5 Å². The SMILES string of the molecule is Cc1cc(Nc2nc(NCc3cc(-c4ccccc4)no3)ncc2Br)no1. The maximum atomic E-state index is 5.38. The molecule has 0 unspecified atom stereocenters. The lowest BCUT2D eigenvalue weighted by Crippen LogP contribution is -2.05. The Labute approximate surface area is 163 Å². The number of aromatic nitrogens is 4. The van der Waals surface area contributed by atoms with E-state index in [1.807, 2.05) is 43.3 Å². The Kier molecular flexibility index (Phi) is 4.84. The summed E-state index contributed by atoms with van der Waals surface area (Å²) in [6.45, 7) is 2.23. The molecule has 2 N–H and O–H groups in total. The van der Waals surface area contributed by atoms with E-state index in [1.54, 1.807) is 12.3 Å². The summed E-state index contributed by atoms with van der Waals surface area (Å²) in [5.41, 5.74) is 1.79. The highest BCUT2D eigenvalue weighted by molar-refractivity contribution is 9.10. The Morgan fingerprint density at radius 3 is 2.70 bits per heavy atom. The highest BCUT2D eigenvalue weighted by atomic mass is 79.9. The van der Waals surface area contributed by atoms with Gasteiger partial charge in [0.1, 0.15) is 11.5 Å². The number of rotatable bonds is 6. The molecular weight excluding hydrogens is 412 g/mol. The fourth-order valence-corrected chi connectivity index (χ4v) is 2.68. The largest absolute Gasteiger partial charge is 0.360 e. The van der Waals surface area contributed by atoms with Crippen molar-refractivity contribution in [2.24, 2.45) is 0 Å². The van der Waals surface area contributed by atoms with Crippen LogP contribution in [0.4, 0.5) is 17.6 Å². The molecule has 0 spiro atoms. The molecule has 0 saturated carbocycles. The predicted molar refractivity (Wildman–Crippen MR) is 104 cm³/mol. The van der Waals surface area contributed by atoms with Crippen molar-refractivity contribution in [1.29, 1.82) is 0 Å². The monoisotopic (exact) mass is 426 g/mol. The standard InChI is InChI=1S/C18H15BrN6O2/c1-11-7-16(25-26-11)22-17-14(19)10-21-18(23-17)20-9-13-8-15(24-27-13)12-5-3-2-4-6-12/h2-8,10H,9H2,1H3,(H2,20,21,22,23,25). The number of anilines is 3. The van der Waals surface area contributed by atoms with Crippen LogP contribution in [0.25, 0.3) is 11.3 Å². The van der Waals surface area contributed by atoms with Gasteiger partial charge in [0.2, 0.25) is 5.95 Å². The number of hydrogen-bond acceptors (Lipinski definition) is 8. The lowest BCUT2D eigenvalue weighted by Gasteiger charge is -2.07. The lowest BCUT2D eigenvalue weighted by molar-refractivity contribution is 0.390. The first kappa shape index (κ1) is 17.2. The summed E-state index contributed by atoms with van der Waals surface area (Å²) in [6.07, 6.45) is 1.65. The molecule has 0 aliphatic heterocycles. The topological polar surface area (TPSA) is 102 Å². The van der Waals surface area contributed by atoms with E-state index in [4.69, 9.17) is 9.05 Å². The summed E-state index contributed by atoms with van der Waals surface area (Å²) in [7, 11) is 0. The fourth-order valence-electron chi connectivity index (χ4n) is 2.39. The van der Waals surface area contributed by atoms with Crippen LogP contribution in [0, 0.1) is 6.92 Å². The molecule has 9 heteroatoms. The maximum Gasteiger partial charge on any atom is 0.225 e. The van der Waals surface area contributed by atoms with Crippen molar-refractivity contribution in [3.63, 3.8) is 0 Å². The highest BCUT2D eigenvalue weighted by Gasteiger charge is 2.10. The summed E-state index contributed by atoms with van der Waals surface area (Å²) >= 11 is 3.42. The van der Waals surface area contributed by atoms with Gasteiger partial charge >= 0.3 is 0 Å². The van der Waals surface area contributed by atoms with Gasteiger partial charge in [0.05, 0.1) is 11.0 Å². The molecule has 0 bridgehead atoms. The predicted octanol–water partition coefficient (Wildman–Crippen LogP) is 4.55. The van der Waals surface area contributed by atoms with E-state index in [0.29, 0.717) is 40.1 Å². The normalized spacial score (nSPS) is 10.7. The van der Waals surface area contributed by atoms with Crippen molar-refractivity contribution >= 4 is 33.5 Å². The zero-order valence-electron chi connectivity index (χ0n) is 14.3. The number of benzene rings is 1. The van der Waals surface area contributed by atoms with Crippen molar-refractivity contribution in [3.05, 3.63) is 64.7 Å². The van der Waals surface area contributed by atoms with E-state index < -0.39 is 0 Å². The van der Waals surface area contributed by atoms with Crippen LogP contribution in [-0.2, 0) is 6.54 Å². The maximum absolute atomic E-state index is 5.38. The van der Waals surface area contributed by atoms with Gasteiger partial charge in [-0.25, -0.2) is 4.98 Å². The molecule has 0 saturated heterocycles. The van der Waals surface area contributed by atoms with Gasteiger partial charge in [0.25, 0.3) is 0 Å². The van der Waals surface area contributed by atoms with Crippen LogP contribution in [0.15, 0.2) is 62.2 Å². The van der Waals surface area contributed by atoms with Crippen LogP contribution in [0.3, 0.4) is 0 Å². The van der Waals surface area contributed by atoms with Gasteiger partial charge in [-0.3, -0.25) is 0 Å². The Hall–Kier alpha value is -3.20. The van der Waals surface area contributed by atoms with Gasteiger partial charge in [-0.2, -0.15) is 4.98 Å². The van der Waals surface area contributed by atoms with Gasteiger partial charge < -0.3 is 19.7 Å². The third-order valence-corrected chi connectivity index (χ3v) is 4.25. The van der Waals surface area contributed by atoms with E-state index in [2.05, 4.69) is 46.8 Å². The number of halogens is 1. The van der Waals surface area contributed by atoms with Crippen molar-refractivity contribution in [1.82, 2.24) is 20.3 Å². The average molecular weight is 427 g/mol. The van der Waals surface area contributed by atoms with Crippen molar-refractivity contribution in [3.8, 4) is 11.3 Å². The number of aryl methyl sites for hydroxylation is 1. The molecule has 3 aromatic heterocycles. The van der Waals surface area contributed by atoms with Crippen LogP contribution in [0.2, 0.25) is 0 Å². The van der Waals surface area contributed by atoms with Gasteiger partial charge in [-0.05, 0) is 22.9 Å². The fraction of sp³-hybridized carbons (Fsp3) is 0.111. The second kappa shape index (κ2) is 7.58. The van der Waals surface area contributed by atoms with Crippen LogP contribution < -0.4 is 10.6 Å². The molecule has 4 aromatic rings. The van der Waals surface area contributed by atoms with E-state index in [0.717, 1.165) is 11.3 Å². The van der Waals surface area contributed by atoms with Crippen molar-refractivity contribution < 1.29 is 9.05 Å². The minimum Gasteiger partial charge on any atom is -0.360 e. The molecule has 27 heavy (non-hydrogen) atoms. The smallest absolute Gasteiger partial charge is 0.225 e. The molecule has 0 radical (unpaired) electrons. The number of nitrogens with zero attached hydrogens (tertiary/aromatic N) is 4. The molecule has 0 aliphatic rings. The Morgan fingerprint density at radius 2 is 1.93 bits per heavy atom. The van der Waals surface area contributed by atoms with Gasteiger partial charge in [0.15, 0.2) is 17.4 Å². The van der Waals surface area contributed by atoms with E-state index in [-0.39, 0.29) is 0 Å². The molecule has 0 fully saturated rings. The first-order chi connectivity index (χ1) is 13.2. The van der Waals surface area contributed by atoms with E-state index >= 15 is 0 Å².